The summed E-state index contributed by atoms with van der Waals surface area (Å²) >= 11 is 7.79. The molecular formula is C18H17ClN2O2S. The number of oxazole rings is 1. The molecule has 3 aromatic rings. The number of carbonyl (C=O) groups is 1. The van der Waals surface area contributed by atoms with Gasteiger partial charge in [-0.1, -0.05) is 23.7 Å². The number of benzene rings is 1. The summed E-state index contributed by atoms with van der Waals surface area (Å²) in [6.45, 7) is 0.624. The summed E-state index contributed by atoms with van der Waals surface area (Å²) in [4.78, 5) is 18.2. The highest BCUT2D eigenvalue weighted by Gasteiger charge is 2.13. The second-order valence-electron chi connectivity index (χ2n) is 5.48. The van der Waals surface area contributed by atoms with Gasteiger partial charge in [0.05, 0.1) is 11.2 Å². The largest absolute Gasteiger partial charge is 0.441 e. The smallest absolute Gasteiger partial charge is 0.223 e. The Bertz CT molecular complexity index is 814. The highest BCUT2D eigenvalue weighted by molar-refractivity contribution is 7.07. The third-order valence-corrected chi connectivity index (χ3v) is 4.73. The van der Waals surface area contributed by atoms with Gasteiger partial charge in [-0.25, -0.2) is 4.98 Å². The van der Waals surface area contributed by atoms with Gasteiger partial charge >= 0.3 is 0 Å². The number of aryl methyl sites for hydroxylation is 1. The fourth-order valence-electron chi connectivity index (χ4n) is 2.36. The Hall–Kier alpha value is -2.11. The summed E-state index contributed by atoms with van der Waals surface area (Å²) in [5.74, 6) is 1.23. The van der Waals surface area contributed by atoms with Crippen LogP contribution >= 0.6 is 22.9 Å². The third-order valence-electron chi connectivity index (χ3n) is 3.67. The maximum absolute atomic E-state index is 12.2. The number of halogens is 1. The molecule has 124 valence electrons. The summed E-state index contributed by atoms with van der Waals surface area (Å²) < 4.78 is 5.72. The first-order valence-corrected chi connectivity index (χ1v) is 8.90. The first kappa shape index (κ1) is 16.7. The standard InChI is InChI=1S/C18H17ClN2O2S/c1-21(11-13-8-9-24-12-13)18(22)7-6-17-20-10-16(23-17)14-4-2-3-5-15(14)19/h2-5,8-10,12H,6-7,11H2,1H3. The number of hydrogen-bond donors (Lipinski definition) is 0. The van der Waals surface area contributed by atoms with Gasteiger partial charge in [0, 0.05) is 32.0 Å². The van der Waals surface area contributed by atoms with Crippen LogP contribution in [0.25, 0.3) is 11.3 Å². The topological polar surface area (TPSA) is 46.3 Å². The quantitative estimate of drug-likeness (QED) is 0.643. The lowest BCUT2D eigenvalue weighted by molar-refractivity contribution is -0.130. The monoisotopic (exact) mass is 360 g/mol. The Morgan fingerprint density at radius 2 is 2.17 bits per heavy atom. The van der Waals surface area contributed by atoms with E-state index < -0.39 is 0 Å². The summed E-state index contributed by atoms with van der Waals surface area (Å²) in [6, 6.07) is 9.48. The van der Waals surface area contributed by atoms with Crippen LogP contribution < -0.4 is 0 Å². The molecule has 0 fully saturated rings. The molecule has 0 unspecified atom stereocenters. The average molecular weight is 361 g/mol. The fraction of sp³-hybridized carbons (Fsp3) is 0.222. The van der Waals surface area contributed by atoms with Crippen molar-refractivity contribution in [2.24, 2.45) is 0 Å². The molecule has 0 aliphatic carbocycles. The van der Waals surface area contributed by atoms with Crippen molar-refractivity contribution in [3.05, 3.63) is 63.8 Å². The van der Waals surface area contributed by atoms with E-state index in [9.17, 15) is 4.79 Å². The van der Waals surface area contributed by atoms with Crippen molar-refractivity contribution >= 4 is 28.8 Å². The van der Waals surface area contributed by atoms with E-state index in [2.05, 4.69) is 4.98 Å². The van der Waals surface area contributed by atoms with E-state index in [1.807, 2.05) is 48.1 Å². The normalized spacial score (nSPS) is 10.8. The molecule has 0 saturated heterocycles. The van der Waals surface area contributed by atoms with Crippen molar-refractivity contribution in [3.63, 3.8) is 0 Å². The van der Waals surface area contributed by atoms with E-state index in [-0.39, 0.29) is 5.91 Å². The van der Waals surface area contributed by atoms with E-state index in [4.69, 9.17) is 16.0 Å². The lowest BCUT2D eigenvalue weighted by Gasteiger charge is -2.15. The molecule has 1 amide bonds. The zero-order valence-electron chi connectivity index (χ0n) is 13.2. The van der Waals surface area contributed by atoms with Crippen LogP contribution in [0.15, 0.2) is 51.7 Å². The van der Waals surface area contributed by atoms with Gasteiger partial charge in [-0.2, -0.15) is 11.3 Å². The van der Waals surface area contributed by atoms with Crippen LogP contribution in [-0.2, 0) is 17.8 Å². The molecule has 0 spiro atoms. The Labute approximate surface area is 149 Å². The number of hydrogen-bond acceptors (Lipinski definition) is 4. The number of thiophene rings is 1. The Balaban J connectivity index is 1.57. The predicted octanol–water partition coefficient (Wildman–Crippen LogP) is 4.65. The van der Waals surface area contributed by atoms with Crippen molar-refractivity contribution in [1.82, 2.24) is 9.88 Å². The molecule has 2 heterocycles. The Morgan fingerprint density at radius 1 is 1.33 bits per heavy atom. The summed E-state index contributed by atoms with van der Waals surface area (Å²) in [7, 11) is 1.81. The van der Waals surface area contributed by atoms with Crippen molar-refractivity contribution in [2.75, 3.05) is 7.05 Å². The first-order valence-electron chi connectivity index (χ1n) is 7.58. The Kier molecular flexibility index (Phi) is 5.33. The second-order valence-corrected chi connectivity index (χ2v) is 6.67. The lowest BCUT2D eigenvalue weighted by atomic mass is 10.2. The van der Waals surface area contributed by atoms with Gasteiger partial charge in [0.2, 0.25) is 5.91 Å². The van der Waals surface area contributed by atoms with Crippen molar-refractivity contribution in [1.29, 1.82) is 0 Å². The number of amides is 1. The molecular weight excluding hydrogens is 344 g/mol. The van der Waals surface area contributed by atoms with Gasteiger partial charge < -0.3 is 9.32 Å². The van der Waals surface area contributed by atoms with E-state index in [1.165, 1.54) is 0 Å². The first-order chi connectivity index (χ1) is 11.6. The minimum atomic E-state index is 0.0682. The minimum Gasteiger partial charge on any atom is -0.441 e. The van der Waals surface area contributed by atoms with Gasteiger partial charge in [-0.3, -0.25) is 4.79 Å². The fourth-order valence-corrected chi connectivity index (χ4v) is 3.25. The Morgan fingerprint density at radius 3 is 2.92 bits per heavy atom. The molecule has 0 saturated carbocycles. The zero-order chi connectivity index (χ0) is 16.9. The second kappa shape index (κ2) is 7.64. The molecule has 0 radical (unpaired) electrons. The molecule has 0 aliphatic heterocycles. The number of rotatable bonds is 6. The number of aromatic nitrogens is 1. The maximum atomic E-state index is 12.2. The highest BCUT2D eigenvalue weighted by Crippen LogP contribution is 2.28. The van der Waals surface area contributed by atoms with Gasteiger partial charge in [0.1, 0.15) is 0 Å². The summed E-state index contributed by atoms with van der Waals surface area (Å²) in [6.07, 6.45) is 2.48. The molecule has 0 bridgehead atoms. The lowest BCUT2D eigenvalue weighted by Crippen LogP contribution is -2.26. The molecule has 0 aliphatic rings. The molecule has 0 atom stereocenters. The SMILES string of the molecule is CN(Cc1ccsc1)C(=O)CCc1ncc(-c2ccccc2Cl)o1. The van der Waals surface area contributed by atoms with E-state index in [1.54, 1.807) is 22.4 Å². The molecule has 2 aromatic heterocycles. The van der Waals surface area contributed by atoms with Crippen molar-refractivity contribution in [2.45, 2.75) is 19.4 Å². The molecule has 6 heteroatoms. The summed E-state index contributed by atoms with van der Waals surface area (Å²) in [5.41, 5.74) is 1.95. The maximum Gasteiger partial charge on any atom is 0.223 e. The molecule has 3 rings (SSSR count). The van der Waals surface area contributed by atoms with Crippen LogP contribution in [0.4, 0.5) is 0 Å². The van der Waals surface area contributed by atoms with Gasteiger partial charge in [-0.15, -0.1) is 0 Å². The van der Waals surface area contributed by atoms with E-state index >= 15 is 0 Å². The minimum absolute atomic E-state index is 0.0682. The molecule has 0 N–H and O–H groups in total. The van der Waals surface area contributed by atoms with Crippen molar-refractivity contribution in [3.8, 4) is 11.3 Å². The molecule has 4 nitrogen and oxygen atoms in total. The average Bonchev–Trinajstić information content (AvgIpc) is 3.24. The number of carbonyl (C=O) groups excluding carboxylic acids is 1. The van der Waals surface area contributed by atoms with Gasteiger partial charge in [0.25, 0.3) is 0 Å². The molecule has 24 heavy (non-hydrogen) atoms. The van der Waals surface area contributed by atoms with Gasteiger partial charge in [-0.05, 0) is 34.5 Å². The van der Waals surface area contributed by atoms with E-state index in [0.29, 0.717) is 36.1 Å². The van der Waals surface area contributed by atoms with Gasteiger partial charge in [0.15, 0.2) is 11.7 Å². The number of nitrogens with zero attached hydrogens (tertiary/aromatic N) is 2. The highest BCUT2D eigenvalue weighted by atomic mass is 35.5. The van der Waals surface area contributed by atoms with Crippen LogP contribution in [0.5, 0.6) is 0 Å². The zero-order valence-corrected chi connectivity index (χ0v) is 14.8. The van der Waals surface area contributed by atoms with Crippen LogP contribution in [0.1, 0.15) is 17.9 Å². The molecule has 1 aromatic carbocycles. The van der Waals surface area contributed by atoms with Crippen molar-refractivity contribution < 1.29 is 9.21 Å². The van der Waals surface area contributed by atoms with Crippen LogP contribution in [-0.4, -0.2) is 22.8 Å². The third kappa shape index (κ3) is 4.04. The predicted molar refractivity (Wildman–Crippen MR) is 96.1 cm³/mol. The van der Waals surface area contributed by atoms with Crippen LogP contribution in [0.2, 0.25) is 5.02 Å². The summed E-state index contributed by atoms with van der Waals surface area (Å²) in [5, 5.41) is 4.68. The van der Waals surface area contributed by atoms with Crippen LogP contribution in [0, 0.1) is 0 Å². The van der Waals surface area contributed by atoms with Crippen LogP contribution in [0.3, 0.4) is 0 Å². The van der Waals surface area contributed by atoms with E-state index in [0.717, 1.165) is 11.1 Å².